The van der Waals surface area contributed by atoms with Crippen LogP contribution in [0.5, 0.6) is 11.5 Å². The third kappa shape index (κ3) is 3.63. The van der Waals surface area contributed by atoms with Gasteiger partial charge in [-0.2, -0.15) is 0 Å². The largest absolute Gasteiger partial charge is 0.497 e. The lowest BCUT2D eigenvalue weighted by Gasteiger charge is -2.12. The summed E-state index contributed by atoms with van der Waals surface area (Å²) in [6.45, 7) is 4.19. The van der Waals surface area contributed by atoms with Gasteiger partial charge in [-0.3, -0.25) is 9.36 Å². The zero-order valence-electron chi connectivity index (χ0n) is 17.3. The molecule has 31 heavy (non-hydrogen) atoms. The maximum atomic E-state index is 13.2. The highest BCUT2D eigenvalue weighted by molar-refractivity contribution is 5.72. The van der Waals surface area contributed by atoms with Crippen molar-refractivity contribution in [3.05, 3.63) is 93.9 Å². The highest BCUT2D eigenvalue weighted by atomic mass is 16.5. The Hall–Kier alpha value is -4.07. The fourth-order valence-corrected chi connectivity index (χ4v) is 3.50. The molecule has 0 radical (unpaired) electrons. The summed E-state index contributed by atoms with van der Waals surface area (Å²) >= 11 is 0. The Labute approximate surface area is 178 Å². The maximum absolute atomic E-state index is 13.2. The second-order valence-electron chi connectivity index (χ2n) is 6.92. The van der Waals surface area contributed by atoms with Gasteiger partial charge in [-0.25, -0.2) is 14.3 Å². The highest BCUT2D eigenvalue weighted by Crippen LogP contribution is 2.19. The number of hydrogen-bond donors (Lipinski definition) is 0. The van der Waals surface area contributed by atoms with E-state index in [0.717, 1.165) is 15.9 Å². The lowest BCUT2D eigenvalue weighted by atomic mass is 10.2. The van der Waals surface area contributed by atoms with Crippen molar-refractivity contribution in [3.63, 3.8) is 0 Å². The Morgan fingerprint density at radius 2 is 1.77 bits per heavy atom. The molecular formula is C23H22N4O4. The van der Waals surface area contributed by atoms with Gasteiger partial charge in [-0.05, 0) is 29.8 Å². The van der Waals surface area contributed by atoms with Gasteiger partial charge in [0.2, 0.25) is 0 Å². The molecule has 0 saturated heterocycles. The lowest BCUT2D eigenvalue weighted by molar-refractivity contribution is 0.414. The molecule has 0 aliphatic carbocycles. The summed E-state index contributed by atoms with van der Waals surface area (Å²) in [6.07, 6.45) is 3.10. The second-order valence-corrected chi connectivity index (χ2v) is 6.92. The van der Waals surface area contributed by atoms with Gasteiger partial charge in [0.05, 0.1) is 26.2 Å². The average Bonchev–Trinajstić information content (AvgIpc) is 3.20. The predicted octanol–water partition coefficient (Wildman–Crippen LogP) is 2.60. The Kier molecular flexibility index (Phi) is 5.44. The van der Waals surface area contributed by atoms with Crippen molar-refractivity contribution in [2.75, 3.05) is 14.2 Å². The zero-order chi connectivity index (χ0) is 22.0. The van der Waals surface area contributed by atoms with Crippen LogP contribution in [0.4, 0.5) is 0 Å². The van der Waals surface area contributed by atoms with Gasteiger partial charge in [-0.1, -0.05) is 24.3 Å². The third-order valence-corrected chi connectivity index (χ3v) is 5.04. The van der Waals surface area contributed by atoms with Crippen molar-refractivity contribution in [2.45, 2.75) is 13.1 Å². The van der Waals surface area contributed by atoms with Crippen molar-refractivity contribution in [1.29, 1.82) is 0 Å². The van der Waals surface area contributed by atoms with Crippen LogP contribution in [0.15, 0.2) is 77.1 Å². The van der Waals surface area contributed by atoms with E-state index in [4.69, 9.17) is 9.47 Å². The van der Waals surface area contributed by atoms with E-state index in [9.17, 15) is 9.59 Å². The van der Waals surface area contributed by atoms with Crippen molar-refractivity contribution < 1.29 is 9.47 Å². The monoisotopic (exact) mass is 418 g/mol. The summed E-state index contributed by atoms with van der Waals surface area (Å²) in [6, 6.07) is 14.6. The summed E-state index contributed by atoms with van der Waals surface area (Å²) in [7, 11) is 3.16. The number of allylic oxidation sites excluding steroid dienone is 1. The average molecular weight is 418 g/mol. The SMILES string of the molecule is C=CCn1c(=O)c2c(ncn2Cc2ccc(OC)cc2)n(-c2cccc(OC)c2)c1=O. The minimum absolute atomic E-state index is 0.0886. The topological polar surface area (TPSA) is 80.3 Å². The fraction of sp³-hybridized carbons (Fsp3) is 0.174. The number of hydrogen-bond acceptors (Lipinski definition) is 5. The van der Waals surface area contributed by atoms with E-state index >= 15 is 0 Å². The Morgan fingerprint density at radius 1 is 1.03 bits per heavy atom. The molecule has 0 saturated carbocycles. The number of imidazole rings is 1. The van der Waals surface area contributed by atoms with Crippen molar-refractivity contribution in [2.24, 2.45) is 0 Å². The Balaban J connectivity index is 1.94. The predicted molar refractivity (Wildman–Crippen MR) is 118 cm³/mol. The number of nitrogens with zero attached hydrogens (tertiary/aromatic N) is 4. The standard InChI is InChI=1S/C23H22N4O4/c1-4-12-26-22(28)20-21(27(23(26)29)17-6-5-7-19(13-17)31-3)24-15-25(20)14-16-8-10-18(30-2)11-9-16/h4-11,13,15H,1,12,14H2,2-3H3. The van der Waals surface area contributed by atoms with Gasteiger partial charge in [0, 0.05) is 19.2 Å². The zero-order valence-corrected chi connectivity index (χ0v) is 17.3. The van der Waals surface area contributed by atoms with E-state index in [0.29, 0.717) is 23.5 Å². The first kappa shape index (κ1) is 20.2. The normalized spacial score (nSPS) is 10.9. The lowest BCUT2D eigenvalue weighted by Crippen LogP contribution is -2.39. The molecule has 0 bridgehead atoms. The summed E-state index contributed by atoms with van der Waals surface area (Å²) in [5.41, 5.74) is 1.25. The second kappa shape index (κ2) is 8.35. The van der Waals surface area contributed by atoms with Crippen LogP contribution in [-0.2, 0) is 13.1 Å². The molecule has 2 heterocycles. The molecule has 4 rings (SSSR count). The number of fused-ring (bicyclic) bond motifs is 1. The van der Waals surface area contributed by atoms with Gasteiger partial charge in [0.1, 0.15) is 11.5 Å². The quantitative estimate of drug-likeness (QED) is 0.431. The number of benzene rings is 2. The minimum atomic E-state index is -0.486. The number of methoxy groups -OCH3 is 2. The molecule has 0 aliphatic heterocycles. The number of aromatic nitrogens is 4. The van der Waals surface area contributed by atoms with Crippen LogP contribution in [0, 0.1) is 0 Å². The molecule has 8 nitrogen and oxygen atoms in total. The summed E-state index contributed by atoms with van der Waals surface area (Å²) in [4.78, 5) is 30.8. The van der Waals surface area contributed by atoms with Crippen molar-refractivity contribution >= 4 is 11.2 Å². The van der Waals surface area contributed by atoms with Crippen LogP contribution in [0.3, 0.4) is 0 Å². The molecular weight excluding hydrogens is 396 g/mol. The first-order valence-corrected chi connectivity index (χ1v) is 9.66. The van der Waals surface area contributed by atoms with E-state index in [-0.39, 0.29) is 12.2 Å². The molecule has 2 aromatic carbocycles. The molecule has 0 fully saturated rings. The van der Waals surface area contributed by atoms with Crippen LogP contribution in [0.1, 0.15) is 5.56 Å². The third-order valence-electron chi connectivity index (χ3n) is 5.04. The first-order chi connectivity index (χ1) is 15.1. The number of ether oxygens (including phenoxy) is 2. The smallest absolute Gasteiger partial charge is 0.337 e. The molecule has 0 unspecified atom stereocenters. The first-order valence-electron chi connectivity index (χ1n) is 9.66. The van der Waals surface area contributed by atoms with Crippen LogP contribution in [0.25, 0.3) is 16.9 Å². The van der Waals surface area contributed by atoms with Crippen LogP contribution in [0.2, 0.25) is 0 Å². The van der Waals surface area contributed by atoms with E-state index in [1.165, 1.54) is 10.6 Å². The highest BCUT2D eigenvalue weighted by Gasteiger charge is 2.19. The van der Waals surface area contributed by atoms with Gasteiger partial charge >= 0.3 is 5.69 Å². The van der Waals surface area contributed by atoms with Crippen molar-refractivity contribution in [3.8, 4) is 17.2 Å². The van der Waals surface area contributed by atoms with Gasteiger partial charge in [-0.15, -0.1) is 6.58 Å². The summed E-state index contributed by atoms with van der Waals surface area (Å²) in [5.74, 6) is 1.34. The minimum Gasteiger partial charge on any atom is -0.497 e. The maximum Gasteiger partial charge on any atom is 0.337 e. The molecule has 0 N–H and O–H groups in total. The summed E-state index contributed by atoms with van der Waals surface area (Å²) < 4.78 is 14.8. The molecule has 158 valence electrons. The molecule has 0 amide bonds. The van der Waals surface area contributed by atoms with E-state index < -0.39 is 11.2 Å². The van der Waals surface area contributed by atoms with Crippen molar-refractivity contribution in [1.82, 2.24) is 18.7 Å². The molecule has 0 atom stereocenters. The van der Waals surface area contributed by atoms with Crippen LogP contribution in [-0.4, -0.2) is 32.9 Å². The molecule has 2 aromatic heterocycles. The summed E-state index contributed by atoms with van der Waals surface area (Å²) in [5, 5.41) is 0. The molecule has 0 aliphatic rings. The van der Waals surface area contributed by atoms with Gasteiger partial charge in [0.25, 0.3) is 5.56 Å². The van der Waals surface area contributed by atoms with E-state index in [1.807, 2.05) is 24.3 Å². The van der Waals surface area contributed by atoms with Gasteiger partial charge in [0.15, 0.2) is 11.2 Å². The van der Waals surface area contributed by atoms with Gasteiger partial charge < -0.3 is 14.0 Å². The fourth-order valence-electron chi connectivity index (χ4n) is 3.50. The molecule has 8 heteroatoms. The van der Waals surface area contributed by atoms with E-state index in [2.05, 4.69) is 11.6 Å². The molecule has 4 aromatic rings. The number of rotatable bonds is 7. The Bertz CT molecular complexity index is 1360. The molecule has 0 spiro atoms. The van der Waals surface area contributed by atoms with Crippen LogP contribution >= 0.6 is 0 Å². The Morgan fingerprint density at radius 3 is 2.45 bits per heavy atom. The van der Waals surface area contributed by atoms with Crippen LogP contribution < -0.4 is 20.7 Å². The van der Waals surface area contributed by atoms with E-state index in [1.54, 1.807) is 49.4 Å².